The summed E-state index contributed by atoms with van der Waals surface area (Å²) in [5.74, 6) is 0.789. The van der Waals surface area contributed by atoms with Crippen molar-refractivity contribution in [2.45, 2.75) is 44.4 Å². The third-order valence-corrected chi connectivity index (χ3v) is 3.06. The van der Waals surface area contributed by atoms with Crippen molar-refractivity contribution in [1.29, 1.82) is 0 Å². The minimum atomic E-state index is -0.765. The Morgan fingerprint density at radius 2 is 2.40 bits per heavy atom. The van der Waals surface area contributed by atoms with Gasteiger partial charge in [-0.3, -0.25) is 0 Å². The zero-order valence-corrected chi connectivity index (χ0v) is 9.31. The molecule has 0 spiro atoms. The smallest absolute Gasteiger partial charge is 0.140 e. The van der Waals surface area contributed by atoms with Gasteiger partial charge in [-0.05, 0) is 6.42 Å². The number of nitrogens with zero attached hydrogens (tertiary/aromatic N) is 2. The van der Waals surface area contributed by atoms with Gasteiger partial charge in [-0.1, -0.05) is 6.92 Å². The molecule has 1 N–H and O–H groups in total. The van der Waals surface area contributed by atoms with Crippen molar-refractivity contribution < 1.29 is 9.84 Å². The molecule has 4 nitrogen and oxygen atoms in total. The van der Waals surface area contributed by atoms with E-state index >= 15 is 0 Å². The molecule has 0 saturated heterocycles. The second-order valence-electron chi connectivity index (χ2n) is 4.24. The molecule has 0 radical (unpaired) electrons. The van der Waals surface area contributed by atoms with E-state index in [2.05, 4.69) is 11.9 Å². The SMILES string of the molecule is CCCn1ccnc1C1(O)CC(OC)C1. The molecule has 0 unspecified atom stereocenters. The molecule has 0 bridgehead atoms. The fourth-order valence-corrected chi connectivity index (χ4v) is 2.18. The van der Waals surface area contributed by atoms with Gasteiger partial charge in [0.25, 0.3) is 0 Å². The normalized spacial score (nSPS) is 30.2. The van der Waals surface area contributed by atoms with Crippen LogP contribution in [0, 0.1) is 0 Å². The zero-order valence-electron chi connectivity index (χ0n) is 9.31. The monoisotopic (exact) mass is 210 g/mol. The minimum absolute atomic E-state index is 0.182. The summed E-state index contributed by atoms with van der Waals surface area (Å²) in [6.07, 6.45) is 6.23. The van der Waals surface area contributed by atoms with E-state index in [-0.39, 0.29) is 6.10 Å². The van der Waals surface area contributed by atoms with E-state index in [4.69, 9.17) is 4.74 Å². The van der Waals surface area contributed by atoms with Crippen LogP contribution in [0.3, 0.4) is 0 Å². The molecule has 2 rings (SSSR count). The Morgan fingerprint density at radius 3 is 3.00 bits per heavy atom. The van der Waals surface area contributed by atoms with Crippen molar-refractivity contribution in [3.63, 3.8) is 0 Å². The number of aryl methyl sites for hydroxylation is 1. The molecule has 0 aromatic carbocycles. The predicted molar refractivity (Wildman–Crippen MR) is 56.4 cm³/mol. The molecule has 1 aromatic rings. The van der Waals surface area contributed by atoms with Crippen molar-refractivity contribution >= 4 is 0 Å². The highest BCUT2D eigenvalue weighted by Crippen LogP contribution is 2.41. The highest BCUT2D eigenvalue weighted by molar-refractivity contribution is 5.12. The quantitative estimate of drug-likeness (QED) is 0.814. The zero-order chi connectivity index (χ0) is 10.9. The lowest BCUT2D eigenvalue weighted by atomic mass is 9.76. The van der Waals surface area contributed by atoms with Crippen LogP contribution < -0.4 is 0 Å². The van der Waals surface area contributed by atoms with Crippen LogP contribution in [0.4, 0.5) is 0 Å². The first kappa shape index (κ1) is 10.6. The maximum atomic E-state index is 10.3. The largest absolute Gasteiger partial charge is 0.382 e. The number of rotatable bonds is 4. The van der Waals surface area contributed by atoms with Gasteiger partial charge in [-0.2, -0.15) is 0 Å². The predicted octanol–water partition coefficient (Wildman–Crippen LogP) is 1.29. The second kappa shape index (κ2) is 3.94. The summed E-state index contributed by atoms with van der Waals surface area (Å²) in [6.45, 7) is 3.03. The van der Waals surface area contributed by atoms with Gasteiger partial charge in [0.1, 0.15) is 11.4 Å². The lowest BCUT2D eigenvalue weighted by Crippen LogP contribution is -2.47. The maximum absolute atomic E-state index is 10.3. The molecule has 0 amide bonds. The van der Waals surface area contributed by atoms with Crippen LogP contribution >= 0.6 is 0 Å². The fourth-order valence-electron chi connectivity index (χ4n) is 2.18. The third-order valence-electron chi connectivity index (χ3n) is 3.06. The van der Waals surface area contributed by atoms with Crippen LogP contribution in [0.25, 0.3) is 0 Å². The summed E-state index contributed by atoms with van der Waals surface area (Å²) in [7, 11) is 1.68. The van der Waals surface area contributed by atoms with Gasteiger partial charge < -0.3 is 14.4 Å². The molecule has 1 saturated carbocycles. The van der Waals surface area contributed by atoms with E-state index in [1.165, 1.54) is 0 Å². The fraction of sp³-hybridized carbons (Fsp3) is 0.727. The summed E-state index contributed by atoms with van der Waals surface area (Å²) in [6, 6.07) is 0. The Labute approximate surface area is 89.9 Å². The number of hydrogen-bond donors (Lipinski definition) is 1. The summed E-state index contributed by atoms with van der Waals surface area (Å²) in [4.78, 5) is 4.25. The van der Waals surface area contributed by atoms with Crippen LogP contribution in [-0.2, 0) is 16.9 Å². The van der Waals surface area contributed by atoms with E-state index in [0.717, 1.165) is 18.8 Å². The van der Waals surface area contributed by atoms with Crippen molar-refractivity contribution in [3.8, 4) is 0 Å². The topological polar surface area (TPSA) is 47.3 Å². The lowest BCUT2D eigenvalue weighted by Gasteiger charge is -2.42. The van der Waals surface area contributed by atoms with Gasteiger partial charge >= 0.3 is 0 Å². The number of imidazole rings is 1. The van der Waals surface area contributed by atoms with Gasteiger partial charge in [-0.25, -0.2) is 4.98 Å². The van der Waals surface area contributed by atoms with E-state index in [9.17, 15) is 5.11 Å². The van der Waals surface area contributed by atoms with Crippen LogP contribution in [0.1, 0.15) is 32.0 Å². The average molecular weight is 210 g/mol. The summed E-state index contributed by atoms with van der Waals surface area (Å²) >= 11 is 0. The highest BCUT2D eigenvalue weighted by Gasteiger charge is 2.47. The van der Waals surface area contributed by atoms with Gasteiger partial charge in [0.15, 0.2) is 0 Å². The van der Waals surface area contributed by atoms with E-state index < -0.39 is 5.60 Å². The Hall–Kier alpha value is -0.870. The number of hydrogen-bond acceptors (Lipinski definition) is 3. The van der Waals surface area contributed by atoms with Gasteiger partial charge in [0.2, 0.25) is 0 Å². The van der Waals surface area contributed by atoms with Crippen molar-refractivity contribution in [2.75, 3.05) is 7.11 Å². The molecule has 4 heteroatoms. The Balaban J connectivity index is 2.12. The molecule has 1 fully saturated rings. The minimum Gasteiger partial charge on any atom is -0.382 e. The first-order valence-corrected chi connectivity index (χ1v) is 5.46. The van der Waals surface area contributed by atoms with Crippen LogP contribution in [0.5, 0.6) is 0 Å². The number of ether oxygens (including phenoxy) is 1. The van der Waals surface area contributed by atoms with Crippen LogP contribution in [0.2, 0.25) is 0 Å². The molecule has 1 aliphatic rings. The third kappa shape index (κ3) is 1.79. The molecular formula is C11H18N2O2. The number of aromatic nitrogens is 2. The molecule has 1 heterocycles. The summed E-state index contributed by atoms with van der Waals surface area (Å²) in [5, 5.41) is 10.3. The molecule has 0 aliphatic heterocycles. The lowest BCUT2D eigenvalue weighted by molar-refractivity contribution is -0.139. The van der Waals surface area contributed by atoms with Gasteiger partial charge in [0.05, 0.1) is 6.10 Å². The number of methoxy groups -OCH3 is 1. The van der Waals surface area contributed by atoms with Crippen LogP contribution in [0.15, 0.2) is 12.4 Å². The van der Waals surface area contributed by atoms with Gasteiger partial charge in [-0.15, -0.1) is 0 Å². The maximum Gasteiger partial charge on any atom is 0.140 e. The standard InChI is InChI=1S/C11H18N2O2/c1-3-5-13-6-4-12-10(13)11(14)7-9(8-11)15-2/h4,6,9,14H,3,5,7-8H2,1-2H3. The Morgan fingerprint density at radius 1 is 1.67 bits per heavy atom. The Kier molecular flexibility index (Phi) is 2.80. The molecule has 84 valence electrons. The van der Waals surface area contributed by atoms with Gasteiger partial charge in [0, 0.05) is 38.9 Å². The van der Waals surface area contributed by atoms with E-state index in [0.29, 0.717) is 12.8 Å². The van der Waals surface area contributed by atoms with Crippen molar-refractivity contribution in [1.82, 2.24) is 9.55 Å². The average Bonchev–Trinajstić information content (AvgIpc) is 2.62. The summed E-state index contributed by atoms with van der Waals surface area (Å²) in [5.41, 5.74) is -0.765. The molecule has 1 aliphatic carbocycles. The molecule has 0 atom stereocenters. The van der Waals surface area contributed by atoms with Crippen molar-refractivity contribution in [3.05, 3.63) is 18.2 Å². The molecule has 15 heavy (non-hydrogen) atoms. The van der Waals surface area contributed by atoms with E-state index in [1.807, 2.05) is 10.8 Å². The number of aliphatic hydroxyl groups is 1. The Bertz CT molecular complexity index is 329. The van der Waals surface area contributed by atoms with Crippen molar-refractivity contribution in [2.24, 2.45) is 0 Å². The second-order valence-corrected chi connectivity index (χ2v) is 4.24. The highest BCUT2D eigenvalue weighted by atomic mass is 16.5. The first-order valence-electron chi connectivity index (χ1n) is 5.46. The summed E-state index contributed by atoms with van der Waals surface area (Å²) < 4.78 is 7.22. The first-order chi connectivity index (χ1) is 7.19. The van der Waals surface area contributed by atoms with E-state index in [1.54, 1.807) is 13.3 Å². The molecular weight excluding hydrogens is 192 g/mol. The molecule has 1 aromatic heterocycles. The van der Waals surface area contributed by atoms with Crippen LogP contribution in [-0.4, -0.2) is 27.9 Å².